The fraction of sp³-hybridized carbons (Fsp3) is 0.500. The highest BCUT2D eigenvalue weighted by Crippen LogP contribution is 2.42. The van der Waals surface area contributed by atoms with Crippen molar-refractivity contribution in [2.75, 3.05) is 6.61 Å². The number of aryl methyl sites for hydroxylation is 1. The second-order valence-corrected chi connectivity index (χ2v) is 9.14. The first kappa shape index (κ1) is 21.9. The number of ether oxygens (including phenoxy) is 1. The average Bonchev–Trinajstić information content (AvgIpc) is 3.26. The van der Waals surface area contributed by atoms with Gasteiger partial charge in [-0.15, -0.1) is 0 Å². The third-order valence-corrected chi connectivity index (χ3v) is 7.46. The molecule has 1 aliphatic carbocycles. The normalized spacial score (nSPS) is 28.5. The Morgan fingerprint density at radius 3 is 2.30 bits per heavy atom. The standard InChI is InChI=1S/C24H29BrO5/c1-2-13-6-8-14(9-7-13)10-15-11-18(16-4-3-5-17(16)20(15)25)24-23(29)22(28)21(27)19(12-26)30-24/h6-9,11,19,21-24,26-29H,2-5,10,12H2,1H3/t19-,21-,22+,23-,24+/m1/s1. The van der Waals surface area contributed by atoms with Crippen molar-refractivity contribution < 1.29 is 25.2 Å². The molecule has 0 unspecified atom stereocenters. The third-order valence-electron chi connectivity index (χ3n) is 6.47. The smallest absolute Gasteiger partial charge is 0.113 e. The molecule has 6 heteroatoms. The van der Waals surface area contributed by atoms with Gasteiger partial charge in [0.15, 0.2) is 0 Å². The van der Waals surface area contributed by atoms with Crippen molar-refractivity contribution in [2.45, 2.75) is 69.5 Å². The van der Waals surface area contributed by atoms with Gasteiger partial charge < -0.3 is 25.2 Å². The molecule has 0 saturated carbocycles. The van der Waals surface area contributed by atoms with Gasteiger partial charge in [0.1, 0.15) is 30.5 Å². The maximum atomic E-state index is 10.7. The van der Waals surface area contributed by atoms with Crippen LogP contribution in [0.15, 0.2) is 34.8 Å². The van der Waals surface area contributed by atoms with Crippen LogP contribution in [0.25, 0.3) is 0 Å². The molecule has 5 atom stereocenters. The number of aliphatic hydroxyl groups excluding tert-OH is 4. The second kappa shape index (κ2) is 9.07. The number of hydrogen-bond acceptors (Lipinski definition) is 5. The zero-order valence-electron chi connectivity index (χ0n) is 17.1. The molecular formula is C24H29BrO5. The summed E-state index contributed by atoms with van der Waals surface area (Å²) in [7, 11) is 0. The molecule has 0 bridgehead atoms. The average molecular weight is 477 g/mol. The summed E-state index contributed by atoms with van der Waals surface area (Å²) in [5, 5.41) is 40.7. The van der Waals surface area contributed by atoms with Crippen molar-refractivity contribution in [2.24, 2.45) is 0 Å². The van der Waals surface area contributed by atoms with E-state index in [0.717, 1.165) is 53.3 Å². The minimum Gasteiger partial charge on any atom is -0.394 e. The molecule has 0 amide bonds. The van der Waals surface area contributed by atoms with Gasteiger partial charge in [0.2, 0.25) is 0 Å². The number of fused-ring (bicyclic) bond motifs is 1. The molecule has 5 nitrogen and oxygen atoms in total. The van der Waals surface area contributed by atoms with Gasteiger partial charge in [-0.05, 0) is 65.5 Å². The lowest BCUT2D eigenvalue weighted by Gasteiger charge is -2.41. The van der Waals surface area contributed by atoms with E-state index in [1.807, 2.05) is 0 Å². The maximum absolute atomic E-state index is 10.7. The van der Waals surface area contributed by atoms with Crippen LogP contribution in [0.3, 0.4) is 0 Å². The Morgan fingerprint density at radius 1 is 0.967 bits per heavy atom. The Labute approximate surface area is 185 Å². The Kier molecular flexibility index (Phi) is 6.63. The number of aliphatic hydroxyl groups is 4. The number of benzene rings is 2. The van der Waals surface area contributed by atoms with Crippen LogP contribution in [0.2, 0.25) is 0 Å². The summed E-state index contributed by atoms with van der Waals surface area (Å²) in [4.78, 5) is 0. The van der Waals surface area contributed by atoms with Crippen LogP contribution in [0, 0.1) is 0 Å². The van der Waals surface area contributed by atoms with Crippen LogP contribution in [0.4, 0.5) is 0 Å². The molecular weight excluding hydrogens is 448 g/mol. The summed E-state index contributed by atoms with van der Waals surface area (Å²) in [6, 6.07) is 10.6. The zero-order chi connectivity index (χ0) is 21.4. The first-order chi connectivity index (χ1) is 14.4. The van der Waals surface area contributed by atoms with Crippen LogP contribution in [0.5, 0.6) is 0 Å². The molecule has 0 spiro atoms. The lowest BCUT2D eigenvalue weighted by molar-refractivity contribution is -0.231. The summed E-state index contributed by atoms with van der Waals surface area (Å²) >= 11 is 3.81. The van der Waals surface area contributed by atoms with E-state index in [4.69, 9.17) is 4.74 Å². The van der Waals surface area contributed by atoms with E-state index in [1.165, 1.54) is 16.7 Å². The minimum atomic E-state index is -1.37. The summed E-state index contributed by atoms with van der Waals surface area (Å²) < 4.78 is 6.99. The molecule has 2 aliphatic rings. The van der Waals surface area contributed by atoms with E-state index in [-0.39, 0.29) is 0 Å². The molecule has 0 radical (unpaired) electrons. The van der Waals surface area contributed by atoms with E-state index >= 15 is 0 Å². The fourth-order valence-electron chi connectivity index (χ4n) is 4.69. The lowest BCUT2D eigenvalue weighted by Crippen LogP contribution is -2.55. The molecule has 1 aliphatic heterocycles. The van der Waals surface area contributed by atoms with Crippen molar-refractivity contribution in [3.8, 4) is 0 Å². The van der Waals surface area contributed by atoms with E-state index in [9.17, 15) is 20.4 Å². The fourth-order valence-corrected chi connectivity index (χ4v) is 5.38. The summed E-state index contributed by atoms with van der Waals surface area (Å²) in [6.07, 6.45) is -1.08. The predicted octanol–water partition coefficient (Wildman–Crippen LogP) is 2.61. The molecule has 1 fully saturated rings. The van der Waals surface area contributed by atoms with Crippen LogP contribution in [0.1, 0.15) is 52.8 Å². The molecule has 4 rings (SSSR count). The van der Waals surface area contributed by atoms with Crippen molar-refractivity contribution in [3.63, 3.8) is 0 Å². The van der Waals surface area contributed by atoms with Gasteiger partial charge in [0, 0.05) is 4.47 Å². The van der Waals surface area contributed by atoms with Crippen LogP contribution in [-0.4, -0.2) is 51.4 Å². The number of rotatable bonds is 5. The van der Waals surface area contributed by atoms with Gasteiger partial charge in [-0.25, -0.2) is 0 Å². The van der Waals surface area contributed by atoms with Crippen LogP contribution < -0.4 is 0 Å². The number of hydrogen-bond donors (Lipinski definition) is 4. The van der Waals surface area contributed by atoms with Gasteiger partial charge in [-0.3, -0.25) is 0 Å². The Balaban J connectivity index is 1.73. The largest absolute Gasteiger partial charge is 0.394 e. The van der Waals surface area contributed by atoms with E-state index < -0.39 is 37.1 Å². The van der Waals surface area contributed by atoms with Gasteiger partial charge in [-0.1, -0.05) is 53.2 Å². The summed E-state index contributed by atoms with van der Waals surface area (Å²) in [5.74, 6) is 0. The molecule has 30 heavy (non-hydrogen) atoms. The molecule has 162 valence electrons. The van der Waals surface area contributed by atoms with E-state index in [0.29, 0.717) is 0 Å². The predicted molar refractivity (Wildman–Crippen MR) is 118 cm³/mol. The Hall–Kier alpha value is -1.28. The maximum Gasteiger partial charge on any atom is 0.113 e. The lowest BCUT2D eigenvalue weighted by atomic mass is 9.86. The van der Waals surface area contributed by atoms with Crippen LogP contribution >= 0.6 is 15.9 Å². The molecule has 2 aromatic rings. The first-order valence-corrected chi connectivity index (χ1v) is 11.4. The molecule has 0 aromatic heterocycles. The van der Waals surface area contributed by atoms with Crippen molar-refractivity contribution in [1.29, 1.82) is 0 Å². The molecule has 1 heterocycles. The molecule has 2 aromatic carbocycles. The SMILES string of the molecule is CCc1ccc(Cc2cc([C@@H]3O[C@H](CO)[C@@H](O)[C@H](O)[C@H]3O)c3c(c2Br)CCC3)cc1. The van der Waals surface area contributed by atoms with E-state index in [1.54, 1.807) is 0 Å². The number of halogens is 1. The van der Waals surface area contributed by atoms with Gasteiger partial charge >= 0.3 is 0 Å². The first-order valence-electron chi connectivity index (χ1n) is 10.7. The highest BCUT2D eigenvalue weighted by molar-refractivity contribution is 9.10. The van der Waals surface area contributed by atoms with Crippen molar-refractivity contribution >= 4 is 15.9 Å². The summed E-state index contributed by atoms with van der Waals surface area (Å²) in [6.45, 7) is 1.72. The summed E-state index contributed by atoms with van der Waals surface area (Å²) in [5.41, 5.74) is 6.81. The van der Waals surface area contributed by atoms with Gasteiger partial charge in [0.05, 0.1) is 6.61 Å². The quantitative estimate of drug-likeness (QED) is 0.532. The Bertz CT molecular complexity index is 895. The van der Waals surface area contributed by atoms with Crippen LogP contribution in [-0.2, 0) is 30.4 Å². The van der Waals surface area contributed by atoms with Gasteiger partial charge in [0.25, 0.3) is 0 Å². The third kappa shape index (κ3) is 3.97. The zero-order valence-corrected chi connectivity index (χ0v) is 18.7. The highest BCUT2D eigenvalue weighted by Gasteiger charge is 2.45. The van der Waals surface area contributed by atoms with Crippen molar-refractivity contribution in [1.82, 2.24) is 0 Å². The van der Waals surface area contributed by atoms with E-state index in [2.05, 4.69) is 53.2 Å². The Morgan fingerprint density at radius 2 is 1.63 bits per heavy atom. The highest BCUT2D eigenvalue weighted by atomic mass is 79.9. The topological polar surface area (TPSA) is 90.2 Å². The minimum absolute atomic E-state index is 0.420. The van der Waals surface area contributed by atoms with Gasteiger partial charge in [-0.2, -0.15) is 0 Å². The van der Waals surface area contributed by atoms with Crippen molar-refractivity contribution in [3.05, 3.63) is 68.2 Å². The second-order valence-electron chi connectivity index (χ2n) is 8.35. The monoisotopic (exact) mass is 476 g/mol. The molecule has 4 N–H and O–H groups in total. The molecule has 1 saturated heterocycles.